The maximum Gasteiger partial charge on any atom is 0.347 e. The molecule has 0 aliphatic rings. The summed E-state index contributed by atoms with van der Waals surface area (Å²) in [5.41, 5.74) is 0.989. The molecule has 0 aliphatic carbocycles. The van der Waals surface area contributed by atoms with Gasteiger partial charge in [0.25, 0.3) is 0 Å². The molecule has 0 spiro atoms. The normalized spacial score (nSPS) is 15.7. The smallest absolute Gasteiger partial charge is 0.244 e. The van der Waals surface area contributed by atoms with Gasteiger partial charge in [-0.3, -0.25) is 0 Å². The van der Waals surface area contributed by atoms with Gasteiger partial charge in [-0.05, 0) is 19.1 Å². The molecule has 0 heterocycles. The topological polar surface area (TPSA) is 63.6 Å². The number of hydrogen-bond acceptors (Lipinski definition) is 3. The molecule has 1 atom stereocenters. The predicted octanol–water partition coefficient (Wildman–Crippen LogP) is 1.94. The Morgan fingerprint density at radius 1 is 1.13 bits per heavy atom. The molecule has 0 bridgehead atoms. The van der Waals surface area contributed by atoms with E-state index in [-0.39, 0.29) is 0 Å². The molecule has 0 saturated heterocycles. The van der Waals surface area contributed by atoms with Crippen LogP contribution in [-0.2, 0) is 19.0 Å². The molecular formula is C8H10ClNO3S2. The van der Waals surface area contributed by atoms with Gasteiger partial charge in [0.05, 0.1) is 9.73 Å². The van der Waals surface area contributed by atoms with Crippen molar-refractivity contribution < 1.29 is 12.6 Å². The van der Waals surface area contributed by atoms with Crippen LogP contribution in [0.2, 0.25) is 0 Å². The van der Waals surface area contributed by atoms with Gasteiger partial charge >= 0.3 is 9.24 Å². The van der Waals surface area contributed by atoms with Crippen LogP contribution in [-0.4, -0.2) is 18.9 Å². The molecule has 0 unspecified atom stereocenters. The Morgan fingerprint density at radius 3 is 2.00 bits per heavy atom. The van der Waals surface area contributed by atoms with Crippen molar-refractivity contribution in [3.8, 4) is 0 Å². The van der Waals surface area contributed by atoms with Crippen molar-refractivity contribution in [1.82, 2.24) is 0 Å². The summed E-state index contributed by atoms with van der Waals surface area (Å²) in [6.07, 6.45) is 1.23. The minimum absolute atomic E-state index is 0.345. The lowest BCUT2D eigenvalue weighted by Crippen LogP contribution is -2.00. The molecule has 1 aromatic carbocycles. The van der Waals surface area contributed by atoms with E-state index < -0.39 is 19.0 Å². The molecule has 0 aromatic heterocycles. The zero-order valence-electron chi connectivity index (χ0n) is 8.18. The summed E-state index contributed by atoms with van der Waals surface area (Å²) in [4.78, 5) is 0.345. The van der Waals surface area contributed by atoms with Crippen molar-refractivity contribution in [2.45, 2.75) is 11.8 Å². The molecule has 0 radical (unpaired) electrons. The summed E-state index contributed by atoms with van der Waals surface area (Å²) >= 11 is 0. The Bertz CT molecular complexity index is 568. The lowest BCUT2D eigenvalue weighted by molar-refractivity contribution is 0.611. The Labute approximate surface area is 94.0 Å². The fourth-order valence-corrected chi connectivity index (χ4v) is 4.32. The fourth-order valence-electron chi connectivity index (χ4n) is 1.00. The van der Waals surface area contributed by atoms with Gasteiger partial charge in [0.15, 0.2) is 0 Å². The van der Waals surface area contributed by atoms with E-state index in [1.54, 1.807) is 24.3 Å². The lowest BCUT2D eigenvalue weighted by Gasteiger charge is -2.02. The zero-order valence-corrected chi connectivity index (χ0v) is 10.6. The first-order chi connectivity index (χ1) is 6.71. The molecule has 15 heavy (non-hydrogen) atoms. The van der Waals surface area contributed by atoms with Crippen LogP contribution in [0.3, 0.4) is 0 Å². The maximum absolute atomic E-state index is 11.9. The van der Waals surface area contributed by atoms with Crippen LogP contribution in [0, 0.1) is 6.92 Å². The minimum Gasteiger partial charge on any atom is -0.244 e. The summed E-state index contributed by atoms with van der Waals surface area (Å²) in [6.45, 7) is 1.87. The highest BCUT2D eigenvalue weighted by atomic mass is 35.7. The predicted molar refractivity (Wildman–Crippen MR) is 60.7 cm³/mol. The summed E-state index contributed by atoms with van der Waals surface area (Å²) in [6, 6.07) is 6.61. The number of nitrogens with zero attached hydrogens (tertiary/aromatic N) is 1. The monoisotopic (exact) mass is 267 g/mol. The van der Waals surface area contributed by atoms with E-state index in [9.17, 15) is 12.6 Å². The molecule has 0 fully saturated rings. The van der Waals surface area contributed by atoms with Crippen LogP contribution >= 0.6 is 10.7 Å². The van der Waals surface area contributed by atoms with Crippen molar-refractivity contribution in [2.24, 2.45) is 3.77 Å². The first-order valence-corrected chi connectivity index (χ1v) is 8.14. The highest BCUT2D eigenvalue weighted by Gasteiger charge is 2.11. The van der Waals surface area contributed by atoms with Gasteiger partial charge in [0.1, 0.15) is 0 Å². The van der Waals surface area contributed by atoms with E-state index in [4.69, 9.17) is 10.7 Å². The van der Waals surface area contributed by atoms with Gasteiger partial charge in [-0.2, -0.15) is 8.42 Å². The number of aryl methyl sites for hydroxylation is 1. The van der Waals surface area contributed by atoms with Crippen molar-refractivity contribution in [3.05, 3.63) is 29.8 Å². The highest BCUT2D eigenvalue weighted by molar-refractivity contribution is 8.17. The second-order valence-corrected chi connectivity index (χ2v) is 7.77. The average molecular weight is 268 g/mol. The van der Waals surface area contributed by atoms with E-state index >= 15 is 0 Å². The lowest BCUT2D eigenvalue weighted by atomic mass is 10.2. The summed E-state index contributed by atoms with van der Waals surface area (Å²) in [7, 11) is -2.17. The van der Waals surface area contributed by atoms with E-state index in [0.717, 1.165) is 5.56 Å². The SMILES string of the molecule is Cc1ccc([S@@](C)(=O)=NS(=O)(=O)Cl)cc1. The number of benzene rings is 1. The molecule has 84 valence electrons. The number of halogens is 1. The van der Waals surface area contributed by atoms with Crippen LogP contribution < -0.4 is 0 Å². The molecule has 1 rings (SSSR count). The van der Waals surface area contributed by atoms with E-state index in [2.05, 4.69) is 3.77 Å². The first-order valence-electron chi connectivity index (χ1n) is 3.95. The average Bonchev–Trinajstić information content (AvgIpc) is 2.00. The molecule has 0 saturated carbocycles. The van der Waals surface area contributed by atoms with Crippen LogP contribution in [0.25, 0.3) is 0 Å². The maximum atomic E-state index is 11.9. The van der Waals surface area contributed by atoms with Gasteiger partial charge in [0, 0.05) is 21.8 Å². The fraction of sp³-hybridized carbons (Fsp3) is 0.250. The highest BCUT2D eigenvalue weighted by Crippen LogP contribution is 2.15. The third-order valence-corrected chi connectivity index (χ3v) is 5.19. The molecule has 0 aliphatic heterocycles. The van der Waals surface area contributed by atoms with E-state index in [1.165, 1.54) is 6.26 Å². The molecule has 0 amide bonds. The molecule has 4 nitrogen and oxygen atoms in total. The summed E-state index contributed by atoms with van der Waals surface area (Å²) < 4.78 is 36.4. The second-order valence-electron chi connectivity index (χ2n) is 3.10. The Balaban J connectivity index is 3.36. The van der Waals surface area contributed by atoms with Gasteiger partial charge in [-0.25, -0.2) is 4.21 Å². The van der Waals surface area contributed by atoms with Crippen molar-refractivity contribution in [1.29, 1.82) is 0 Å². The van der Waals surface area contributed by atoms with Gasteiger partial charge < -0.3 is 0 Å². The van der Waals surface area contributed by atoms with Crippen LogP contribution in [0.1, 0.15) is 5.56 Å². The van der Waals surface area contributed by atoms with Crippen LogP contribution in [0.15, 0.2) is 32.9 Å². The third kappa shape index (κ3) is 3.81. The largest absolute Gasteiger partial charge is 0.347 e. The number of hydrogen-bond donors (Lipinski definition) is 0. The quantitative estimate of drug-likeness (QED) is 0.769. The second kappa shape index (κ2) is 4.11. The molecule has 1 aromatic rings. The van der Waals surface area contributed by atoms with Crippen molar-refractivity contribution in [2.75, 3.05) is 6.26 Å². The van der Waals surface area contributed by atoms with Crippen molar-refractivity contribution >= 4 is 29.6 Å². The standard InChI is InChI=1S/C8H10ClNO3S2/c1-7-3-5-8(6-4-7)14(2,11)10-15(9,12)13/h3-6H,1-2H3/t14-/m1/s1. The first kappa shape index (κ1) is 12.5. The summed E-state index contributed by atoms with van der Waals surface area (Å²) in [5.74, 6) is 0. The van der Waals surface area contributed by atoms with E-state index in [1.807, 2.05) is 6.92 Å². The zero-order chi connectivity index (χ0) is 11.7. The van der Waals surface area contributed by atoms with Crippen LogP contribution in [0.5, 0.6) is 0 Å². The van der Waals surface area contributed by atoms with Gasteiger partial charge in [0.2, 0.25) is 0 Å². The van der Waals surface area contributed by atoms with Gasteiger partial charge in [-0.15, -0.1) is 0 Å². The Morgan fingerprint density at radius 2 is 1.60 bits per heavy atom. The third-order valence-electron chi connectivity index (χ3n) is 1.69. The van der Waals surface area contributed by atoms with Gasteiger partial charge in [-0.1, -0.05) is 21.5 Å². The Kier molecular flexibility index (Phi) is 3.42. The molecule has 7 heteroatoms. The number of rotatable bonds is 2. The van der Waals surface area contributed by atoms with Crippen molar-refractivity contribution in [3.63, 3.8) is 0 Å². The Hall–Kier alpha value is -0.590. The minimum atomic E-state index is -4.12. The van der Waals surface area contributed by atoms with Crippen LogP contribution in [0.4, 0.5) is 0 Å². The van der Waals surface area contributed by atoms with E-state index in [0.29, 0.717) is 4.90 Å². The molecular weight excluding hydrogens is 258 g/mol. The summed E-state index contributed by atoms with van der Waals surface area (Å²) in [5, 5.41) is 0. The molecule has 0 N–H and O–H groups in total.